The normalized spacial score (nSPS) is 16.9. The molecule has 3 rings (SSSR count). The lowest BCUT2D eigenvalue weighted by Crippen LogP contribution is -2.51. The molecule has 8 N–H and O–H groups in total. The van der Waals surface area contributed by atoms with E-state index in [-0.39, 0.29) is 65.2 Å². The molecule has 74 heavy (non-hydrogen) atoms. The Kier molecular flexibility index (Phi) is 26.1. The molecule has 0 aliphatic carbocycles. The number of rotatable bonds is 31. The number of carbonyl (C=O) groups is 11. The molecule has 0 radical (unpaired) electrons. The van der Waals surface area contributed by atoms with Gasteiger partial charge >= 0.3 is 11.9 Å². The van der Waals surface area contributed by atoms with Crippen LogP contribution in [0.15, 0.2) is 42.9 Å². The van der Waals surface area contributed by atoms with Gasteiger partial charge < -0.3 is 71.1 Å². The lowest BCUT2D eigenvalue weighted by Gasteiger charge is -2.34. The van der Waals surface area contributed by atoms with Crippen LogP contribution in [0, 0.1) is 17.8 Å². The van der Waals surface area contributed by atoms with Crippen LogP contribution < -0.4 is 31.3 Å². The van der Waals surface area contributed by atoms with Gasteiger partial charge in [0.25, 0.3) is 0 Å². The summed E-state index contributed by atoms with van der Waals surface area (Å²) in [6, 6.07) is 3.68. The van der Waals surface area contributed by atoms with Crippen molar-refractivity contribution >= 4 is 64.9 Å². The number of carboxylic acids is 5. The van der Waals surface area contributed by atoms with E-state index in [9.17, 15) is 88.5 Å². The highest BCUT2D eigenvalue weighted by atomic mass is 16.4. The summed E-state index contributed by atoms with van der Waals surface area (Å²) in [6.07, 6.45) is -0.263. The van der Waals surface area contributed by atoms with Gasteiger partial charge in [0.05, 0.1) is 68.3 Å². The molecule has 0 spiro atoms. The number of nitrogens with zero attached hydrogens (tertiary/aromatic N) is 5. The van der Waals surface area contributed by atoms with Crippen LogP contribution in [-0.2, 0) is 65.6 Å². The maximum Gasteiger partial charge on any atom is 0.328 e. The molecular formula is C47H64N9O18-3. The van der Waals surface area contributed by atoms with Crippen molar-refractivity contribution in [2.45, 2.75) is 63.6 Å². The van der Waals surface area contributed by atoms with Gasteiger partial charge in [0.2, 0.25) is 17.7 Å². The van der Waals surface area contributed by atoms with Crippen LogP contribution in [0.25, 0.3) is 0 Å². The summed E-state index contributed by atoms with van der Waals surface area (Å²) in [7, 11) is 0. The molecule has 27 nitrogen and oxygen atoms in total. The zero-order chi connectivity index (χ0) is 54.9. The Labute approximate surface area is 425 Å². The van der Waals surface area contributed by atoms with Crippen molar-refractivity contribution in [3.8, 4) is 0 Å². The van der Waals surface area contributed by atoms with Gasteiger partial charge in [0.15, 0.2) is 11.6 Å². The first-order valence-corrected chi connectivity index (χ1v) is 23.7. The van der Waals surface area contributed by atoms with Gasteiger partial charge in [-0.15, -0.1) is 0 Å². The lowest BCUT2D eigenvalue weighted by atomic mass is 9.90. The summed E-state index contributed by atoms with van der Waals surface area (Å²) in [4.78, 5) is 153. The van der Waals surface area contributed by atoms with Gasteiger partial charge in [-0.3, -0.25) is 53.2 Å². The predicted octanol–water partition coefficient (Wildman–Crippen LogP) is -7.59. The number of carboxylic acid groups (broad SMARTS) is 5. The van der Waals surface area contributed by atoms with E-state index in [1.54, 1.807) is 35.2 Å². The number of nitrogens with one attached hydrogen (secondary N) is 4. The summed E-state index contributed by atoms with van der Waals surface area (Å²) < 4.78 is 0. The Morgan fingerprint density at radius 3 is 1.46 bits per heavy atom. The van der Waals surface area contributed by atoms with Crippen molar-refractivity contribution in [3.05, 3.63) is 54.1 Å². The maximum absolute atomic E-state index is 13.9. The van der Waals surface area contributed by atoms with Crippen LogP contribution in [0.2, 0.25) is 0 Å². The number of hydrogen-bond acceptors (Lipinski definition) is 21. The number of hydrogen-bond donors (Lipinski definition) is 8. The van der Waals surface area contributed by atoms with Gasteiger partial charge in [-0.25, -0.2) is 9.78 Å². The minimum Gasteiger partial charge on any atom is -0.549 e. The standard InChI is InChI=1S/C47H67N9O18/c1-29(50-44(70)33(20-40(62)63)17-35(59)22-53-7-9-54(23-41(64)65)11-13-56(25-43(68)69)14-12-55(10-8-53)24-42(66)67)38(60)18-32(16-34-21-48-28-49-34)46(72)51-36(26-57)39(61)19-31(15-30-5-3-2-4-6-30)45(71)52-37(27-58)47(73)74/h2-6,21,28-29,31-33,36-37,57-58H,7-20,22-27H2,1H3,(H,48,49)(H,50,70)(H,51,72)(H,52,71)(H,62,63)(H,64,65)(H,66,67)(H,68,69)(H,73,74)/p-3/t29-,31+,32+,33-,36-,37-/m0/s1. The third-order valence-corrected chi connectivity index (χ3v) is 12.2. The number of aromatic amines is 1. The largest absolute Gasteiger partial charge is 0.549 e. The van der Waals surface area contributed by atoms with Crippen LogP contribution in [-0.4, -0.2) is 225 Å². The highest BCUT2D eigenvalue weighted by Gasteiger charge is 2.34. The van der Waals surface area contributed by atoms with Crippen LogP contribution in [0.3, 0.4) is 0 Å². The molecule has 1 saturated heterocycles. The molecule has 27 heteroatoms. The second-order valence-electron chi connectivity index (χ2n) is 18.0. The maximum atomic E-state index is 13.9. The summed E-state index contributed by atoms with van der Waals surface area (Å²) >= 11 is 0. The molecule has 1 aliphatic rings. The first kappa shape index (κ1) is 61.3. The average molecular weight is 1040 g/mol. The SMILES string of the molecule is C[C@H](NC(=O)[C@H](CC(=O)O)CC(=O)CN1CCN(CC(=O)[O-])CCN(CC(=O)[O-])CCN(CC(=O)[O-])CC1)C(=O)C[C@@H](Cc1cnc[nH]1)C(=O)N[C@@H](CO)C(=O)C[C@@H](Cc1ccccc1)C(=O)N[C@@H](CO)C(=O)O. The molecule has 408 valence electrons. The van der Waals surface area contributed by atoms with Gasteiger partial charge in [-0.1, -0.05) is 30.3 Å². The molecule has 1 aliphatic heterocycles. The smallest absolute Gasteiger partial charge is 0.328 e. The summed E-state index contributed by atoms with van der Waals surface area (Å²) in [5.41, 5.74) is 0.959. The number of imidazole rings is 1. The minimum absolute atomic E-state index is 0.0204. The molecular weight excluding hydrogens is 979 g/mol. The van der Waals surface area contributed by atoms with Crippen LogP contribution in [0.5, 0.6) is 0 Å². The Balaban J connectivity index is 1.75. The molecule has 0 unspecified atom stereocenters. The van der Waals surface area contributed by atoms with Crippen LogP contribution >= 0.6 is 0 Å². The van der Waals surface area contributed by atoms with E-state index < -0.39 is 166 Å². The fourth-order valence-electron chi connectivity index (χ4n) is 8.10. The number of amides is 3. The molecule has 2 heterocycles. The van der Waals surface area contributed by atoms with E-state index in [0.29, 0.717) is 11.3 Å². The number of H-pyrrole nitrogens is 1. The Bertz CT molecular complexity index is 2200. The molecule has 6 atom stereocenters. The number of carbonyl (C=O) groups excluding carboxylic acids is 9. The zero-order valence-corrected chi connectivity index (χ0v) is 40.9. The Hall–Kier alpha value is -7.04. The summed E-state index contributed by atoms with van der Waals surface area (Å²) in [5.74, 6) is -16.3. The molecule has 1 aromatic carbocycles. The average Bonchev–Trinajstić information content (AvgIpc) is 3.85. The number of aliphatic carboxylic acids is 5. The van der Waals surface area contributed by atoms with Crippen molar-refractivity contribution < 1.29 is 88.5 Å². The molecule has 0 saturated carbocycles. The van der Waals surface area contributed by atoms with E-state index >= 15 is 0 Å². The minimum atomic E-state index is -1.69. The second kappa shape index (κ2) is 31.5. The third kappa shape index (κ3) is 22.8. The lowest BCUT2D eigenvalue weighted by molar-refractivity contribution is -0.308. The van der Waals surface area contributed by atoms with E-state index in [4.69, 9.17) is 0 Å². The number of benzene rings is 1. The highest BCUT2D eigenvalue weighted by Crippen LogP contribution is 2.18. The fourth-order valence-corrected chi connectivity index (χ4v) is 8.10. The topological polar surface area (TPSA) is 416 Å². The van der Waals surface area contributed by atoms with Crippen molar-refractivity contribution in [1.29, 1.82) is 0 Å². The van der Waals surface area contributed by atoms with Gasteiger partial charge in [0.1, 0.15) is 17.9 Å². The summed E-state index contributed by atoms with van der Waals surface area (Å²) in [5, 5.41) is 80.4. The van der Waals surface area contributed by atoms with E-state index in [0.717, 1.165) is 0 Å². The van der Waals surface area contributed by atoms with Crippen molar-refractivity contribution in [2.24, 2.45) is 17.8 Å². The first-order valence-electron chi connectivity index (χ1n) is 23.7. The van der Waals surface area contributed by atoms with E-state index in [1.165, 1.54) is 34.1 Å². The number of Topliss-reactive ketones (excluding diaryl/α,β-unsaturated/α-hetero) is 3. The Morgan fingerprint density at radius 2 is 1.03 bits per heavy atom. The first-order chi connectivity index (χ1) is 35.1. The highest BCUT2D eigenvalue weighted by molar-refractivity contribution is 5.97. The number of aliphatic hydroxyl groups is 2. The molecule has 1 aromatic heterocycles. The van der Waals surface area contributed by atoms with E-state index in [2.05, 4.69) is 25.9 Å². The monoisotopic (exact) mass is 1040 g/mol. The van der Waals surface area contributed by atoms with Gasteiger partial charge in [0, 0.05) is 115 Å². The van der Waals surface area contributed by atoms with Gasteiger partial charge in [-0.05, 0) is 18.9 Å². The number of aromatic nitrogens is 2. The van der Waals surface area contributed by atoms with Crippen LogP contribution in [0.1, 0.15) is 43.9 Å². The quantitative estimate of drug-likeness (QED) is 0.0348. The zero-order valence-electron chi connectivity index (χ0n) is 40.9. The number of aliphatic hydroxyl groups excluding tert-OH is 2. The van der Waals surface area contributed by atoms with Gasteiger partial charge in [-0.2, -0.15) is 0 Å². The van der Waals surface area contributed by atoms with E-state index in [1.807, 2.05) is 0 Å². The summed E-state index contributed by atoms with van der Waals surface area (Å²) in [6.45, 7) is -2.34. The molecule has 1 fully saturated rings. The number of ketones is 3. The third-order valence-electron chi connectivity index (χ3n) is 12.2. The second-order valence-corrected chi connectivity index (χ2v) is 18.0. The molecule has 2 aromatic rings. The molecule has 0 bridgehead atoms. The van der Waals surface area contributed by atoms with Crippen molar-refractivity contribution in [3.63, 3.8) is 0 Å². The molecule has 3 amide bonds. The Morgan fingerprint density at radius 1 is 0.581 bits per heavy atom. The fraction of sp³-hybridized carbons (Fsp3) is 0.574. The van der Waals surface area contributed by atoms with Crippen molar-refractivity contribution in [1.82, 2.24) is 45.5 Å². The predicted molar refractivity (Wildman–Crippen MR) is 248 cm³/mol. The van der Waals surface area contributed by atoms with Crippen LogP contribution in [0.4, 0.5) is 0 Å². The van der Waals surface area contributed by atoms with Crippen molar-refractivity contribution in [2.75, 3.05) is 91.8 Å².